The Morgan fingerprint density at radius 3 is 2.67 bits per heavy atom. The highest BCUT2D eigenvalue weighted by Crippen LogP contribution is 2.30. The molecule has 1 aliphatic heterocycles. The maximum atomic E-state index is 12.3. The van der Waals surface area contributed by atoms with Gasteiger partial charge in [0.15, 0.2) is 5.13 Å². The Labute approximate surface area is 180 Å². The molecule has 0 aliphatic carbocycles. The van der Waals surface area contributed by atoms with Gasteiger partial charge < -0.3 is 10.2 Å². The summed E-state index contributed by atoms with van der Waals surface area (Å²) in [5.41, 5.74) is 4.32. The first-order valence-electron chi connectivity index (χ1n) is 10.3. The number of fused-ring (bicyclic) bond motifs is 1. The third-order valence-electron chi connectivity index (χ3n) is 5.50. The van der Waals surface area contributed by atoms with Crippen LogP contribution in [0, 0.1) is 12.8 Å². The van der Waals surface area contributed by atoms with Gasteiger partial charge in [0, 0.05) is 13.1 Å². The third-order valence-corrected chi connectivity index (χ3v) is 6.43. The van der Waals surface area contributed by atoms with Crippen LogP contribution in [0.2, 0.25) is 0 Å². The average molecular weight is 423 g/mol. The summed E-state index contributed by atoms with van der Waals surface area (Å²) < 4.78 is 1.00. The fourth-order valence-electron chi connectivity index (χ4n) is 3.65. The minimum Gasteiger partial charge on any atom is -0.341 e. The molecule has 4 rings (SSSR count). The van der Waals surface area contributed by atoms with E-state index in [1.165, 1.54) is 16.9 Å². The molecule has 2 N–H and O–H groups in total. The first kappa shape index (κ1) is 20.3. The number of hydrogen-bond acceptors (Lipinski definition) is 4. The van der Waals surface area contributed by atoms with Gasteiger partial charge in [-0.1, -0.05) is 54.2 Å². The lowest BCUT2D eigenvalue weighted by Crippen LogP contribution is -2.44. The molecule has 0 unspecified atom stereocenters. The van der Waals surface area contributed by atoms with Gasteiger partial charge in [-0.25, -0.2) is 9.78 Å². The van der Waals surface area contributed by atoms with E-state index in [4.69, 9.17) is 0 Å². The number of piperidine rings is 1. The highest BCUT2D eigenvalue weighted by atomic mass is 32.1. The van der Waals surface area contributed by atoms with E-state index in [0.29, 0.717) is 11.0 Å². The summed E-state index contributed by atoms with van der Waals surface area (Å²) in [6.07, 6.45) is 2.04. The molecule has 0 radical (unpaired) electrons. The van der Waals surface area contributed by atoms with Crippen LogP contribution in [-0.4, -0.2) is 41.5 Å². The zero-order valence-electron chi connectivity index (χ0n) is 17.3. The number of thiazole rings is 1. The number of anilines is 1. The molecule has 1 saturated heterocycles. The van der Waals surface area contributed by atoms with Crippen LogP contribution in [0.1, 0.15) is 25.3 Å². The summed E-state index contributed by atoms with van der Waals surface area (Å²) in [4.78, 5) is 30.8. The van der Waals surface area contributed by atoms with Crippen molar-refractivity contribution in [3.05, 3.63) is 48.0 Å². The van der Waals surface area contributed by atoms with Crippen molar-refractivity contribution in [1.82, 2.24) is 15.2 Å². The van der Waals surface area contributed by atoms with Gasteiger partial charge in [-0.3, -0.25) is 10.1 Å². The monoisotopic (exact) mass is 422 g/mol. The SMILES string of the molecule is Cc1cccc(-c2ccc3nc(NC(=O)NCC(=O)N4CCC(C)CC4)sc3c2)c1. The number of likely N-dealkylation sites (tertiary alicyclic amines) is 1. The Hall–Kier alpha value is -2.93. The standard InChI is InChI=1S/C23H26N4O2S/c1-15-8-10-27(11-9-15)21(28)14-24-22(29)26-23-25-19-7-6-18(13-20(19)30-23)17-5-3-4-16(2)12-17/h3-7,12-13,15H,8-11,14H2,1-2H3,(H2,24,25,26,29). The summed E-state index contributed by atoms with van der Waals surface area (Å²) in [5, 5.41) is 5.92. The van der Waals surface area contributed by atoms with Crippen molar-refractivity contribution in [2.75, 3.05) is 25.0 Å². The number of urea groups is 1. The Bertz CT molecular complexity index is 1070. The second kappa shape index (κ2) is 8.83. The van der Waals surface area contributed by atoms with E-state index in [1.54, 1.807) is 0 Å². The molecule has 2 heterocycles. The number of aryl methyl sites for hydroxylation is 1. The topological polar surface area (TPSA) is 74.3 Å². The smallest absolute Gasteiger partial charge is 0.321 e. The molecule has 1 fully saturated rings. The predicted molar refractivity (Wildman–Crippen MR) is 122 cm³/mol. The van der Waals surface area contributed by atoms with Crippen LogP contribution in [0.3, 0.4) is 0 Å². The first-order valence-corrected chi connectivity index (χ1v) is 11.1. The van der Waals surface area contributed by atoms with E-state index >= 15 is 0 Å². The average Bonchev–Trinajstić information content (AvgIpc) is 3.14. The molecular weight excluding hydrogens is 396 g/mol. The Balaban J connectivity index is 1.36. The van der Waals surface area contributed by atoms with E-state index in [0.717, 1.165) is 47.3 Å². The lowest BCUT2D eigenvalue weighted by atomic mass is 9.99. The molecule has 0 saturated carbocycles. The third kappa shape index (κ3) is 4.79. The van der Waals surface area contributed by atoms with Crippen molar-refractivity contribution in [2.24, 2.45) is 5.92 Å². The normalized spacial score (nSPS) is 14.7. The number of nitrogens with zero attached hydrogens (tertiary/aromatic N) is 2. The predicted octanol–water partition coefficient (Wildman–Crippen LogP) is 4.65. The van der Waals surface area contributed by atoms with Crippen LogP contribution in [0.4, 0.5) is 9.93 Å². The van der Waals surface area contributed by atoms with Crippen LogP contribution in [0.15, 0.2) is 42.5 Å². The van der Waals surface area contributed by atoms with Crippen LogP contribution >= 0.6 is 11.3 Å². The van der Waals surface area contributed by atoms with E-state index in [2.05, 4.69) is 53.7 Å². The summed E-state index contributed by atoms with van der Waals surface area (Å²) in [6, 6.07) is 14.0. The summed E-state index contributed by atoms with van der Waals surface area (Å²) in [5.74, 6) is 0.625. The number of amides is 3. The molecule has 6 nitrogen and oxygen atoms in total. The Morgan fingerprint density at radius 2 is 1.90 bits per heavy atom. The molecule has 156 valence electrons. The Kier molecular flexibility index (Phi) is 5.99. The quantitative estimate of drug-likeness (QED) is 0.643. The molecule has 1 aromatic heterocycles. The van der Waals surface area contributed by atoms with E-state index in [1.807, 2.05) is 23.1 Å². The van der Waals surface area contributed by atoms with E-state index < -0.39 is 6.03 Å². The van der Waals surface area contributed by atoms with Gasteiger partial charge in [-0.2, -0.15) is 0 Å². The van der Waals surface area contributed by atoms with E-state index in [9.17, 15) is 9.59 Å². The number of carbonyl (C=O) groups is 2. The van der Waals surface area contributed by atoms with Crippen molar-refractivity contribution in [3.8, 4) is 11.1 Å². The van der Waals surface area contributed by atoms with Gasteiger partial charge in [0.1, 0.15) is 0 Å². The first-order chi connectivity index (χ1) is 14.5. The Morgan fingerprint density at radius 1 is 1.13 bits per heavy atom. The van der Waals surface area contributed by atoms with Gasteiger partial charge in [0.25, 0.3) is 0 Å². The van der Waals surface area contributed by atoms with Gasteiger partial charge >= 0.3 is 6.03 Å². The molecule has 3 amide bonds. The van der Waals surface area contributed by atoms with Crippen LogP contribution < -0.4 is 10.6 Å². The van der Waals surface area contributed by atoms with Crippen molar-refractivity contribution in [2.45, 2.75) is 26.7 Å². The highest BCUT2D eigenvalue weighted by Gasteiger charge is 2.20. The molecule has 0 atom stereocenters. The van der Waals surface area contributed by atoms with Gasteiger partial charge in [-0.05, 0) is 48.9 Å². The fraction of sp³-hybridized carbons (Fsp3) is 0.348. The minimum atomic E-state index is -0.410. The highest BCUT2D eigenvalue weighted by molar-refractivity contribution is 7.22. The van der Waals surface area contributed by atoms with Crippen molar-refractivity contribution < 1.29 is 9.59 Å². The maximum absolute atomic E-state index is 12.3. The zero-order valence-corrected chi connectivity index (χ0v) is 18.1. The van der Waals surface area contributed by atoms with Crippen LogP contribution in [0.5, 0.6) is 0 Å². The van der Waals surface area contributed by atoms with Gasteiger partial charge in [0.05, 0.1) is 16.8 Å². The molecule has 0 spiro atoms. The molecular formula is C23H26N4O2S. The lowest BCUT2D eigenvalue weighted by molar-refractivity contribution is -0.131. The van der Waals surface area contributed by atoms with Crippen molar-refractivity contribution in [3.63, 3.8) is 0 Å². The van der Waals surface area contributed by atoms with Crippen LogP contribution in [-0.2, 0) is 4.79 Å². The summed E-state index contributed by atoms with van der Waals surface area (Å²) in [6.45, 7) is 5.82. The minimum absolute atomic E-state index is 0.00260. The second-order valence-electron chi connectivity index (χ2n) is 7.94. The van der Waals surface area contributed by atoms with E-state index in [-0.39, 0.29) is 12.5 Å². The number of benzene rings is 2. The largest absolute Gasteiger partial charge is 0.341 e. The number of aromatic nitrogens is 1. The second-order valence-corrected chi connectivity index (χ2v) is 8.97. The molecule has 1 aliphatic rings. The number of nitrogens with one attached hydrogen (secondary N) is 2. The maximum Gasteiger partial charge on any atom is 0.321 e. The number of rotatable bonds is 4. The molecule has 30 heavy (non-hydrogen) atoms. The fourth-order valence-corrected chi connectivity index (χ4v) is 4.55. The molecule has 3 aromatic rings. The zero-order chi connectivity index (χ0) is 21.1. The lowest BCUT2D eigenvalue weighted by Gasteiger charge is -2.30. The number of hydrogen-bond donors (Lipinski definition) is 2. The van der Waals surface area contributed by atoms with Gasteiger partial charge in [0.2, 0.25) is 5.91 Å². The van der Waals surface area contributed by atoms with Crippen molar-refractivity contribution in [1.29, 1.82) is 0 Å². The van der Waals surface area contributed by atoms with Crippen LogP contribution in [0.25, 0.3) is 21.3 Å². The van der Waals surface area contributed by atoms with Gasteiger partial charge in [-0.15, -0.1) is 0 Å². The molecule has 7 heteroatoms. The molecule has 0 bridgehead atoms. The molecule has 2 aromatic carbocycles. The van der Waals surface area contributed by atoms with Crippen molar-refractivity contribution >= 4 is 38.6 Å². The summed E-state index contributed by atoms with van der Waals surface area (Å²) >= 11 is 1.42. The summed E-state index contributed by atoms with van der Waals surface area (Å²) in [7, 11) is 0. The number of carbonyl (C=O) groups excluding carboxylic acids is 2.